The van der Waals surface area contributed by atoms with E-state index in [0.717, 1.165) is 22.2 Å². The summed E-state index contributed by atoms with van der Waals surface area (Å²) < 4.78 is 54.9. The number of aliphatic hydroxyl groups is 1. The Morgan fingerprint density at radius 1 is 1.32 bits per heavy atom. The van der Waals surface area contributed by atoms with Gasteiger partial charge in [0, 0.05) is 7.05 Å². The van der Waals surface area contributed by atoms with Gasteiger partial charge in [0.1, 0.15) is 11.2 Å². The van der Waals surface area contributed by atoms with Crippen molar-refractivity contribution in [3.63, 3.8) is 0 Å². The first kappa shape index (κ1) is 18.0. The second-order valence-electron chi connectivity index (χ2n) is 5.61. The summed E-state index contributed by atoms with van der Waals surface area (Å²) in [5.74, 6) is -0.759. The fraction of sp³-hybridized carbons (Fsp3) is 0.357. The molecule has 25 heavy (non-hydrogen) atoms. The molecule has 1 N–H and O–H groups in total. The summed E-state index contributed by atoms with van der Waals surface area (Å²) in [5, 5.41) is 13.9. The Hall–Kier alpha value is -1.78. The molecule has 3 aromatic heterocycles. The number of nitrogens with zero attached hydrogens (tertiary/aromatic N) is 4. The van der Waals surface area contributed by atoms with Crippen molar-refractivity contribution in [1.29, 1.82) is 0 Å². The fourth-order valence-corrected chi connectivity index (χ4v) is 4.08. The minimum absolute atomic E-state index is 0.103. The molecule has 134 valence electrons. The topological polar surface area (TPSA) is 63.8 Å². The molecular formula is C14H11ClF4N4OS. The van der Waals surface area contributed by atoms with Gasteiger partial charge in [0.05, 0.1) is 21.5 Å². The number of aromatic nitrogens is 4. The molecule has 0 fully saturated rings. The molecule has 0 amide bonds. The number of thiophene rings is 1. The molecule has 11 heteroatoms. The van der Waals surface area contributed by atoms with E-state index in [1.807, 2.05) is 0 Å². The Morgan fingerprint density at radius 3 is 2.56 bits per heavy atom. The first-order valence-electron chi connectivity index (χ1n) is 6.89. The van der Waals surface area contributed by atoms with Crippen molar-refractivity contribution >= 4 is 33.2 Å². The van der Waals surface area contributed by atoms with E-state index in [-0.39, 0.29) is 26.1 Å². The maximum Gasteiger partial charge on any atom is 0.422 e. The van der Waals surface area contributed by atoms with Gasteiger partial charge in [-0.25, -0.2) is 14.4 Å². The zero-order valence-electron chi connectivity index (χ0n) is 13.1. The highest BCUT2D eigenvalue weighted by atomic mass is 35.5. The normalized spacial score (nSPS) is 14.9. The van der Waals surface area contributed by atoms with Crippen molar-refractivity contribution in [3.8, 4) is 10.6 Å². The van der Waals surface area contributed by atoms with Gasteiger partial charge in [0.2, 0.25) is 10.9 Å². The number of alkyl halides is 3. The van der Waals surface area contributed by atoms with Crippen LogP contribution >= 0.6 is 22.9 Å². The number of aryl methyl sites for hydroxylation is 2. The van der Waals surface area contributed by atoms with Crippen molar-refractivity contribution in [2.24, 2.45) is 7.05 Å². The molecule has 0 aliphatic rings. The molecule has 0 radical (unpaired) electrons. The van der Waals surface area contributed by atoms with Gasteiger partial charge in [-0.3, -0.25) is 4.68 Å². The van der Waals surface area contributed by atoms with Crippen LogP contribution in [0, 0.1) is 12.7 Å². The number of hydrogen-bond acceptors (Lipinski definition) is 5. The summed E-state index contributed by atoms with van der Waals surface area (Å²) in [4.78, 5) is 7.60. The van der Waals surface area contributed by atoms with Gasteiger partial charge in [-0.05, 0) is 31.0 Å². The minimum Gasteiger partial charge on any atom is -0.375 e. The molecule has 0 bridgehead atoms. The van der Waals surface area contributed by atoms with Crippen LogP contribution in [-0.4, -0.2) is 31.0 Å². The Balaban J connectivity index is 2.31. The van der Waals surface area contributed by atoms with E-state index in [1.54, 1.807) is 6.92 Å². The van der Waals surface area contributed by atoms with E-state index in [0.29, 0.717) is 12.5 Å². The van der Waals surface area contributed by atoms with E-state index in [1.165, 1.54) is 7.05 Å². The summed E-state index contributed by atoms with van der Waals surface area (Å²) in [6, 6.07) is 0. The number of hydrogen-bond donors (Lipinski definition) is 1. The monoisotopic (exact) mass is 394 g/mol. The van der Waals surface area contributed by atoms with Gasteiger partial charge in [0.25, 0.3) is 0 Å². The Morgan fingerprint density at radius 2 is 1.96 bits per heavy atom. The maximum absolute atomic E-state index is 14.0. The van der Waals surface area contributed by atoms with Crippen LogP contribution in [0.25, 0.3) is 20.8 Å². The average Bonchev–Trinajstić information content (AvgIpc) is 2.96. The van der Waals surface area contributed by atoms with E-state index < -0.39 is 23.3 Å². The predicted molar refractivity (Wildman–Crippen MR) is 84.9 cm³/mol. The van der Waals surface area contributed by atoms with Gasteiger partial charge < -0.3 is 5.11 Å². The van der Waals surface area contributed by atoms with E-state index in [2.05, 4.69) is 15.1 Å². The number of fused-ring (bicyclic) bond motifs is 1. The third-order valence-electron chi connectivity index (χ3n) is 3.85. The summed E-state index contributed by atoms with van der Waals surface area (Å²) in [6.07, 6.45) is -4.02. The van der Waals surface area contributed by atoms with Gasteiger partial charge in [-0.15, -0.1) is 11.3 Å². The van der Waals surface area contributed by atoms with Crippen molar-refractivity contribution in [3.05, 3.63) is 28.6 Å². The molecule has 3 rings (SSSR count). The molecule has 0 saturated heterocycles. The van der Waals surface area contributed by atoms with Crippen molar-refractivity contribution < 1.29 is 22.7 Å². The Labute approximate surface area is 147 Å². The first-order valence-corrected chi connectivity index (χ1v) is 8.08. The maximum atomic E-state index is 14.0. The van der Waals surface area contributed by atoms with Crippen LogP contribution < -0.4 is 0 Å². The van der Waals surface area contributed by atoms with Crippen molar-refractivity contribution in [2.45, 2.75) is 25.6 Å². The lowest BCUT2D eigenvalue weighted by Crippen LogP contribution is -2.40. The Bertz CT molecular complexity index is 980. The standard InChI is InChI=1S/C14H11ClF4N4OS/c1-5-7-10(11(23(3)22-7)13(2,24)14(17,18)19)25-9(5)8-6(16)4-20-12(15)21-8/h4,24H,1-3H3. The van der Waals surface area contributed by atoms with Crippen LogP contribution in [0.1, 0.15) is 18.2 Å². The summed E-state index contributed by atoms with van der Waals surface area (Å²) >= 11 is 6.55. The quantitative estimate of drug-likeness (QED) is 0.528. The molecule has 0 aromatic carbocycles. The highest BCUT2D eigenvalue weighted by Crippen LogP contribution is 2.46. The van der Waals surface area contributed by atoms with Crippen molar-refractivity contribution in [1.82, 2.24) is 19.7 Å². The molecule has 3 aromatic rings. The van der Waals surface area contributed by atoms with Crippen LogP contribution in [-0.2, 0) is 12.6 Å². The van der Waals surface area contributed by atoms with Crippen LogP contribution in [0.3, 0.4) is 0 Å². The minimum atomic E-state index is -4.91. The van der Waals surface area contributed by atoms with Gasteiger partial charge in [-0.1, -0.05) is 0 Å². The summed E-state index contributed by atoms with van der Waals surface area (Å²) in [7, 11) is 1.31. The molecule has 0 spiro atoms. The zero-order valence-corrected chi connectivity index (χ0v) is 14.7. The Kier molecular flexibility index (Phi) is 4.05. The van der Waals surface area contributed by atoms with Crippen molar-refractivity contribution in [2.75, 3.05) is 0 Å². The van der Waals surface area contributed by atoms with Crippen LogP contribution in [0.2, 0.25) is 5.28 Å². The van der Waals surface area contributed by atoms with E-state index >= 15 is 0 Å². The molecule has 0 saturated carbocycles. The number of halogens is 5. The predicted octanol–water partition coefficient (Wildman–Crippen LogP) is 3.96. The van der Waals surface area contributed by atoms with E-state index in [4.69, 9.17) is 11.6 Å². The second kappa shape index (κ2) is 5.61. The highest BCUT2D eigenvalue weighted by molar-refractivity contribution is 7.22. The molecule has 1 unspecified atom stereocenters. The lowest BCUT2D eigenvalue weighted by molar-refractivity contribution is -0.260. The molecule has 0 aliphatic heterocycles. The smallest absolute Gasteiger partial charge is 0.375 e. The molecule has 5 nitrogen and oxygen atoms in total. The zero-order chi connectivity index (χ0) is 18.7. The third kappa shape index (κ3) is 2.68. The lowest BCUT2D eigenvalue weighted by Gasteiger charge is -2.26. The molecular weight excluding hydrogens is 384 g/mol. The second-order valence-corrected chi connectivity index (χ2v) is 6.97. The number of rotatable bonds is 2. The molecule has 3 heterocycles. The van der Waals surface area contributed by atoms with E-state index in [9.17, 15) is 22.7 Å². The third-order valence-corrected chi connectivity index (χ3v) is 5.32. The SMILES string of the molecule is Cc1c(-c2nc(Cl)ncc2F)sc2c(C(C)(O)C(F)(F)F)n(C)nc12. The highest BCUT2D eigenvalue weighted by Gasteiger charge is 2.54. The lowest BCUT2D eigenvalue weighted by atomic mass is 10.0. The summed E-state index contributed by atoms with van der Waals surface area (Å²) in [5.41, 5.74) is -2.99. The fourth-order valence-electron chi connectivity index (χ4n) is 2.53. The molecule has 1 atom stereocenters. The average molecular weight is 395 g/mol. The first-order chi connectivity index (χ1) is 11.4. The van der Waals surface area contributed by atoms with Gasteiger partial charge in [-0.2, -0.15) is 18.3 Å². The van der Waals surface area contributed by atoms with Gasteiger partial charge in [0.15, 0.2) is 5.82 Å². The summed E-state index contributed by atoms with van der Waals surface area (Å²) in [6.45, 7) is 2.24. The largest absolute Gasteiger partial charge is 0.422 e. The van der Waals surface area contributed by atoms with Gasteiger partial charge >= 0.3 is 6.18 Å². The van der Waals surface area contributed by atoms with Crippen LogP contribution in [0.5, 0.6) is 0 Å². The van der Waals surface area contributed by atoms with Crippen LogP contribution in [0.15, 0.2) is 6.20 Å². The van der Waals surface area contributed by atoms with Crippen LogP contribution in [0.4, 0.5) is 17.6 Å². The molecule has 0 aliphatic carbocycles.